The summed E-state index contributed by atoms with van der Waals surface area (Å²) in [6, 6.07) is 0.429. The van der Waals surface area contributed by atoms with Gasteiger partial charge in [-0.25, -0.2) is 4.79 Å². The summed E-state index contributed by atoms with van der Waals surface area (Å²) < 4.78 is 1.84. The van der Waals surface area contributed by atoms with E-state index in [-0.39, 0.29) is 5.69 Å². The van der Waals surface area contributed by atoms with Gasteiger partial charge in [0.15, 0.2) is 0 Å². The molecule has 14 heavy (non-hydrogen) atoms. The van der Waals surface area contributed by atoms with Gasteiger partial charge in [0, 0.05) is 23.7 Å². The maximum Gasteiger partial charge on any atom is 0.325 e. The van der Waals surface area contributed by atoms with Crippen molar-refractivity contribution in [3.63, 3.8) is 0 Å². The van der Waals surface area contributed by atoms with Crippen LogP contribution in [-0.2, 0) is 0 Å². The van der Waals surface area contributed by atoms with Crippen molar-refractivity contribution in [3.05, 3.63) is 22.9 Å². The summed E-state index contributed by atoms with van der Waals surface area (Å²) in [7, 11) is 0. The van der Waals surface area contributed by atoms with Gasteiger partial charge in [0.2, 0.25) is 0 Å². The van der Waals surface area contributed by atoms with E-state index in [1.165, 1.54) is 12.2 Å². The summed E-state index contributed by atoms with van der Waals surface area (Å²) in [5.74, 6) is 1.18. The minimum atomic E-state index is 0.0390. The minimum absolute atomic E-state index is 0.0390. The number of hydrogen-bond acceptors (Lipinski definition) is 2. The molecule has 1 saturated carbocycles. The van der Waals surface area contributed by atoms with Crippen LogP contribution < -0.4 is 5.69 Å². The molecule has 1 aliphatic carbocycles. The van der Waals surface area contributed by atoms with Crippen LogP contribution in [0.5, 0.6) is 0 Å². The van der Waals surface area contributed by atoms with Crippen molar-refractivity contribution in [2.75, 3.05) is 5.75 Å². The van der Waals surface area contributed by atoms with Gasteiger partial charge in [0.25, 0.3) is 0 Å². The second-order valence-electron chi connectivity index (χ2n) is 3.72. The Labute approximate surface area is 87.9 Å². The fraction of sp³-hybridized carbons (Fsp3) is 0.700. The molecule has 0 bridgehead atoms. The monoisotopic (exact) mass is 212 g/mol. The van der Waals surface area contributed by atoms with Crippen molar-refractivity contribution in [1.82, 2.24) is 9.55 Å². The molecule has 0 saturated heterocycles. The van der Waals surface area contributed by atoms with Crippen molar-refractivity contribution in [2.45, 2.75) is 37.5 Å². The van der Waals surface area contributed by atoms with E-state index in [4.69, 9.17) is 0 Å². The molecule has 1 heterocycles. The van der Waals surface area contributed by atoms with Gasteiger partial charge in [-0.15, -0.1) is 0 Å². The van der Waals surface area contributed by atoms with Crippen molar-refractivity contribution >= 4 is 11.8 Å². The Kier molecular flexibility index (Phi) is 3.01. The average Bonchev–Trinajstić information content (AvgIpc) is 2.74. The van der Waals surface area contributed by atoms with Gasteiger partial charge >= 0.3 is 5.69 Å². The first-order valence-electron chi connectivity index (χ1n) is 5.18. The van der Waals surface area contributed by atoms with Gasteiger partial charge < -0.3 is 4.98 Å². The fourth-order valence-corrected chi connectivity index (χ4v) is 3.31. The van der Waals surface area contributed by atoms with E-state index in [1.807, 2.05) is 22.5 Å². The Hall–Kier alpha value is -0.640. The zero-order chi connectivity index (χ0) is 9.97. The van der Waals surface area contributed by atoms with Crippen LogP contribution in [-0.4, -0.2) is 20.6 Å². The maximum absolute atomic E-state index is 11.4. The van der Waals surface area contributed by atoms with E-state index in [9.17, 15) is 4.79 Å². The number of nitrogens with one attached hydrogen (secondary N) is 1. The second kappa shape index (κ2) is 4.26. The molecule has 4 heteroatoms. The van der Waals surface area contributed by atoms with Gasteiger partial charge in [-0.1, -0.05) is 6.92 Å². The second-order valence-corrected chi connectivity index (χ2v) is 5.29. The minimum Gasteiger partial charge on any atom is -0.313 e. The quantitative estimate of drug-likeness (QED) is 0.832. The number of hydrogen-bond donors (Lipinski definition) is 1. The summed E-state index contributed by atoms with van der Waals surface area (Å²) in [6.07, 6.45) is 7.14. The van der Waals surface area contributed by atoms with Crippen LogP contribution >= 0.6 is 11.8 Å². The molecule has 2 unspecified atom stereocenters. The number of H-pyrrole nitrogens is 1. The molecular weight excluding hydrogens is 196 g/mol. The molecular formula is C10H16N2OS. The molecule has 1 aromatic rings. The van der Waals surface area contributed by atoms with E-state index in [0.717, 1.165) is 18.1 Å². The lowest BCUT2D eigenvalue weighted by molar-refractivity contribution is 0.505. The van der Waals surface area contributed by atoms with E-state index in [1.54, 1.807) is 6.20 Å². The topological polar surface area (TPSA) is 37.8 Å². The molecule has 1 aliphatic rings. The Morgan fingerprint density at radius 2 is 2.50 bits per heavy atom. The smallest absolute Gasteiger partial charge is 0.313 e. The third kappa shape index (κ3) is 1.90. The Morgan fingerprint density at radius 1 is 1.64 bits per heavy atom. The number of nitrogens with zero attached hydrogens (tertiary/aromatic N) is 1. The highest BCUT2D eigenvalue weighted by atomic mass is 32.2. The number of imidazole rings is 1. The number of thioether (sulfide) groups is 1. The first-order chi connectivity index (χ1) is 6.81. The van der Waals surface area contributed by atoms with Crippen LogP contribution in [0.1, 0.15) is 32.2 Å². The van der Waals surface area contributed by atoms with E-state index >= 15 is 0 Å². The van der Waals surface area contributed by atoms with Crippen molar-refractivity contribution in [2.24, 2.45) is 0 Å². The van der Waals surface area contributed by atoms with Crippen molar-refractivity contribution < 1.29 is 0 Å². The largest absolute Gasteiger partial charge is 0.325 e. The van der Waals surface area contributed by atoms with E-state index in [0.29, 0.717) is 6.04 Å². The third-order valence-corrected chi connectivity index (χ3v) is 4.06. The van der Waals surface area contributed by atoms with Gasteiger partial charge in [0.1, 0.15) is 0 Å². The van der Waals surface area contributed by atoms with E-state index in [2.05, 4.69) is 11.9 Å². The number of aromatic nitrogens is 2. The highest BCUT2D eigenvalue weighted by Gasteiger charge is 2.26. The van der Waals surface area contributed by atoms with Crippen LogP contribution in [0, 0.1) is 0 Å². The summed E-state index contributed by atoms with van der Waals surface area (Å²) in [4.78, 5) is 14.1. The zero-order valence-electron chi connectivity index (χ0n) is 8.40. The van der Waals surface area contributed by atoms with Crippen LogP contribution in [0.15, 0.2) is 17.2 Å². The third-order valence-electron chi connectivity index (χ3n) is 2.83. The van der Waals surface area contributed by atoms with Crippen LogP contribution in [0.2, 0.25) is 0 Å². The Bertz CT molecular complexity index is 344. The summed E-state index contributed by atoms with van der Waals surface area (Å²) in [6.45, 7) is 2.19. The van der Waals surface area contributed by atoms with Gasteiger partial charge in [0.05, 0.1) is 0 Å². The summed E-state index contributed by atoms with van der Waals surface area (Å²) >= 11 is 2.02. The maximum atomic E-state index is 11.4. The molecule has 0 amide bonds. The molecule has 3 nitrogen and oxygen atoms in total. The first kappa shape index (κ1) is 9.90. The fourth-order valence-electron chi connectivity index (χ4n) is 2.18. The van der Waals surface area contributed by atoms with Crippen LogP contribution in [0.25, 0.3) is 0 Å². The molecule has 0 aliphatic heterocycles. The molecule has 1 N–H and O–H groups in total. The lowest BCUT2D eigenvalue weighted by Crippen LogP contribution is -2.20. The standard InChI is InChI=1S/C10H16N2OS/c1-2-14-9-4-3-8(7-9)12-6-5-11-10(12)13/h5-6,8-9H,2-4,7H2,1H3,(H,11,13). The van der Waals surface area contributed by atoms with Crippen LogP contribution in [0.3, 0.4) is 0 Å². The number of aromatic amines is 1. The summed E-state index contributed by atoms with van der Waals surface area (Å²) in [5, 5.41) is 0.756. The lowest BCUT2D eigenvalue weighted by atomic mass is 10.2. The van der Waals surface area contributed by atoms with Gasteiger partial charge in [-0.2, -0.15) is 11.8 Å². The molecule has 0 spiro atoms. The molecule has 1 fully saturated rings. The molecule has 78 valence electrons. The molecule has 0 radical (unpaired) electrons. The zero-order valence-corrected chi connectivity index (χ0v) is 9.22. The van der Waals surface area contributed by atoms with Crippen molar-refractivity contribution in [3.8, 4) is 0 Å². The number of rotatable bonds is 3. The Balaban J connectivity index is 2.02. The molecule has 2 atom stereocenters. The van der Waals surface area contributed by atoms with Gasteiger partial charge in [-0.3, -0.25) is 4.57 Å². The normalized spacial score (nSPS) is 26.9. The first-order valence-corrected chi connectivity index (χ1v) is 6.23. The van der Waals surface area contributed by atoms with E-state index < -0.39 is 0 Å². The average molecular weight is 212 g/mol. The summed E-state index contributed by atoms with van der Waals surface area (Å²) in [5.41, 5.74) is 0.0390. The molecule has 0 aromatic carbocycles. The van der Waals surface area contributed by atoms with Crippen LogP contribution in [0.4, 0.5) is 0 Å². The highest BCUT2D eigenvalue weighted by molar-refractivity contribution is 7.99. The van der Waals surface area contributed by atoms with Gasteiger partial charge in [-0.05, 0) is 25.0 Å². The predicted octanol–water partition coefficient (Wildman–Crippen LogP) is 2.02. The Morgan fingerprint density at radius 3 is 3.14 bits per heavy atom. The molecule has 1 aromatic heterocycles. The SMILES string of the molecule is CCSC1CCC(n2cc[nH]c2=O)C1. The predicted molar refractivity (Wildman–Crippen MR) is 59.9 cm³/mol. The highest BCUT2D eigenvalue weighted by Crippen LogP contribution is 2.35. The molecule has 2 rings (SSSR count). The van der Waals surface area contributed by atoms with Crippen molar-refractivity contribution in [1.29, 1.82) is 0 Å². The lowest BCUT2D eigenvalue weighted by Gasteiger charge is -2.10.